The second-order valence-corrected chi connectivity index (χ2v) is 7.84. The Labute approximate surface area is 173 Å². The normalized spacial score (nSPS) is 21.5. The highest BCUT2D eigenvalue weighted by Crippen LogP contribution is 2.48. The Balaban J connectivity index is 1.41. The maximum atomic E-state index is 12.9. The smallest absolute Gasteiger partial charge is 0.295 e. The van der Waals surface area contributed by atoms with Crippen LogP contribution in [0.4, 0.5) is 0 Å². The van der Waals surface area contributed by atoms with E-state index < -0.39 is 5.79 Å². The van der Waals surface area contributed by atoms with Crippen LogP contribution in [0.25, 0.3) is 10.8 Å². The van der Waals surface area contributed by atoms with Crippen molar-refractivity contribution in [2.45, 2.75) is 37.8 Å². The zero-order chi connectivity index (χ0) is 20.1. The SMILES string of the molecule is O=C1C=CC2(Oc3cccc4cccc(c34)O2)C2=C1C(OCc1ccco1)CCC2. The number of hydrogen-bond donors (Lipinski definition) is 0. The number of ether oxygens (including phenoxy) is 3. The van der Waals surface area contributed by atoms with Crippen molar-refractivity contribution in [2.75, 3.05) is 0 Å². The van der Waals surface area contributed by atoms with E-state index in [-0.39, 0.29) is 11.9 Å². The molecule has 0 amide bonds. The zero-order valence-corrected chi connectivity index (χ0v) is 16.3. The Hall–Kier alpha value is -3.31. The standard InChI is InChI=1S/C25H20O5/c26-19-12-13-25(29-21-10-1-5-16-6-2-11-22(30-25)23(16)21)18-8-3-9-20(24(18)19)28-15-17-7-4-14-27-17/h1-2,4-7,10-14,20H,3,8-9,15H2. The quantitative estimate of drug-likeness (QED) is 0.612. The van der Waals surface area contributed by atoms with Crippen LogP contribution in [-0.2, 0) is 16.1 Å². The molecule has 1 aromatic heterocycles. The van der Waals surface area contributed by atoms with Gasteiger partial charge in [-0.15, -0.1) is 0 Å². The minimum atomic E-state index is -1.11. The van der Waals surface area contributed by atoms with Gasteiger partial charge in [0.2, 0.25) is 0 Å². The lowest BCUT2D eigenvalue weighted by molar-refractivity contribution is -0.115. The first-order chi connectivity index (χ1) is 14.7. The topological polar surface area (TPSA) is 57.9 Å². The second kappa shape index (κ2) is 6.61. The maximum Gasteiger partial charge on any atom is 0.295 e. The third-order valence-corrected chi connectivity index (χ3v) is 6.04. The lowest BCUT2D eigenvalue weighted by Crippen LogP contribution is -2.49. The average molecular weight is 400 g/mol. The summed E-state index contributed by atoms with van der Waals surface area (Å²) in [6.45, 7) is 0.322. The van der Waals surface area contributed by atoms with Crippen LogP contribution in [0.15, 0.2) is 82.5 Å². The van der Waals surface area contributed by atoms with Gasteiger partial charge in [-0.3, -0.25) is 4.79 Å². The number of carbonyl (C=O) groups excluding carboxylic acids is 1. The summed E-state index contributed by atoms with van der Waals surface area (Å²) < 4.78 is 24.4. The molecule has 0 bridgehead atoms. The van der Waals surface area contributed by atoms with Crippen molar-refractivity contribution in [3.05, 3.63) is 83.9 Å². The number of fused-ring (bicyclic) bond motifs is 1. The molecule has 5 heteroatoms. The molecule has 3 aliphatic rings. The first-order valence-electron chi connectivity index (χ1n) is 10.2. The molecule has 0 radical (unpaired) electrons. The van der Waals surface area contributed by atoms with Gasteiger partial charge in [0.05, 0.1) is 17.8 Å². The van der Waals surface area contributed by atoms with Crippen LogP contribution in [0.2, 0.25) is 0 Å². The van der Waals surface area contributed by atoms with E-state index >= 15 is 0 Å². The molecule has 0 fully saturated rings. The fourth-order valence-corrected chi connectivity index (χ4v) is 4.71. The molecule has 30 heavy (non-hydrogen) atoms. The van der Waals surface area contributed by atoms with E-state index in [1.807, 2.05) is 48.5 Å². The van der Waals surface area contributed by atoms with Crippen LogP contribution in [0.1, 0.15) is 25.0 Å². The molecular weight excluding hydrogens is 380 g/mol. The minimum absolute atomic E-state index is 0.0379. The van der Waals surface area contributed by atoms with E-state index in [2.05, 4.69) is 0 Å². The molecule has 1 atom stereocenters. The Bertz CT molecular complexity index is 1160. The molecule has 150 valence electrons. The number of hydrogen-bond acceptors (Lipinski definition) is 5. The summed E-state index contributed by atoms with van der Waals surface area (Å²) in [6, 6.07) is 15.6. The van der Waals surface area contributed by atoms with Crippen molar-refractivity contribution in [3.8, 4) is 11.5 Å². The van der Waals surface area contributed by atoms with Gasteiger partial charge >= 0.3 is 0 Å². The molecule has 1 unspecified atom stereocenters. The molecule has 5 nitrogen and oxygen atoms in total. The summed E-state index contributed by atoms with van der Waals surface area (Å²) in [4.78, 5) is 12.9. The van der Waals surface area contributed by atoms with Crippen molar-refractivity contribution in [1.29, 1.82) is 0 Å². The molecule has 1 spiro atoms. The number of benzene rings is 2. The van der Waals surface area contributed by atoms with E-state index in [0.29, 0.717) is 12.2 Å². The van der Waals surface area contributed by atoms with Gasteiger partial charge in [-0.2, -0.15) is 0 Å². The van der Waals surface area contributed by atoms with Gasteiger partial charge in [0.15, 0.2) is 5.78 Å². The Morgan fingerprint density at radius 2 is 1.83 bits per heavy atom. The van der Waals surface area contributed by atoms with E-state index in [9.17, 15) is 4.79 Å². The maximum absolute atomic E-state index is 12.9. The van der Waals surface area contributed by atoms with Gasteiger partial charge in [-0.05, 0) is 55.0 Å². The number of rotatable bonds is 3. The van der Waals surface area contributed by atoms with Gasteiger partial charge < -0.3 is 18.6 Å². The fraction of sp³-hybridized carbons (Fsp3) is 0.240. The number of allylic oxidation sites excluding steroid dienone is 1. The van der Waals surface area contributed by atoms with Crippen LogP contribution in [0.3, 0.4) is 0 Å². The van der Waals surface area contributed by atoms with Crippen molar-refractivity contribution >= 4 is 16.6 Å². The second-order valence-electron chi connectivity index (χ2n) is 7.84. The first kappa shape index (κ1) is 17.5. The predicted molar refractivity (Wildman–Crippen MR) is 110 cm³/mol. The molecule has 2 heterocycles. The molecule has 6 rings (SSSR count). The molecule has 2 aliphatic carbocycles. The predicted octanol–water partition coefficient (Wildman–Crippen LogP) is 5.11. The highest BCUT2D eigenvalue weighted by molar-refractivity contribution is 6.07. The van der Waals surface area contributed by atoms with Gasteiger partial charge in [0.1, 0.15) is 23.9 Å². The van der Waals surface area contributed by atoms with E-state index in [0.717, 1.165) is 52.9 Å². The number of carbonyl (C=O) groups is 1. The summed E-state index contributed by atoms with van der Waals surface area (Å²) in [7, 11) is 0. The molecule has 0 N–H and O–H groups in total. The van der Waals surface area contributed by atoms with E-state index in [1.54, 1.807) is 18.4 Å². The number of furan rings is 1. The van der Waals surface area contributed by atoms with Crippen molar-refractivity contribution in [3.63, 3.8) is 0 Å². The lowest BCUT2D eigenvalue weighted by Gasteiger charge is -2.43. The van der Waals surface area contributed by atoms with Crippen LogP contribution in [-0.4, -0.2) is 17.7 Å². The van der Waals surface area contributed by atoms with Crippen molar-refractivity contribution in [1.82, 2.24) is 0 Å². The lowest BCUT2D eigenvalue weighted by atomic mass is 9.79. The van der Waals surface area contributed by atoms with Crippen molar-refractivity contribution < 1.29 is 23.4 Å². The summed E-state index contributed by atoms with van der Waals surface area (Å²) in [5.41, 5.74) is 1.51. The summed E-state index contributed by atoms with van der Waals surface area (Å²) >= 11 is 0. The zero-order valence-electron chi connectivity index (χ0n) is 16.3. The van der Waals surface area contributed by atoms with Gasteiger partial charge in [0, 0.05) is 17.2 Å². The monoisotopic (exact) mass is 400 g/mol. The van der Waals surface area contributed by atoms with Gasteiger partial charge in [-0.1, -0.05) is 24.3 Å². The molecule has 3 aromatic rings. The van der Waals surface area contributed by atoms with Gasteiger partial charge in [-0.25, -0.2) is 0 Å². The molecule has 2 aromatic carbocycles. The molecule has 0 saturated carbocycles. The average Bonchev–Trinajstić information content (AvgIpc) is 3.29. The van der Waals surface area contributed by atoms with Crippen LogP contribution >= 0.6 is 0 Å². The third kappa shape index (κ3) is 2.62. The highest BCUT2D eigenvalue weighted by Gasteiger charge is 2.48. The van der Waals surface area contributed by atoms with Crippen LogP contribution in [0.5, 0.6) is 11.5 Å². The first-order valence-corrected chi connectivity index (χ1v) is 10.2. The van der Waals surface area contributed by atoms with E-state index in [1.165, 1.54) is 0 Å². The summed E-state index contributed by atoms with van der Waals surface area (Å²) in [5.74, 6) is 1.11. The summed E-state index contributed by atoms with van der Waals surface area (Å²) in [6.07, 6.45) is 7.01. The van der Waals surface area contributed by atoms with E-state index in [4.69, 9.17) is 18.6 Å². The Morgan fingerprint density at radius 1 is 1.03 bits per heavy atom. The number of ketones is 1. The van der Waals surface area contributed by atoms with Crippen LogP contribution in [0, 0.1) is 0 Å². The summed E-state index contributed by atoms with van der Waals surface area (Å²) in [5, 5.41) is 2.02. The van der Waals surface area contributed by atoms with Crippen molar-refractivity contribution in [2.24, 2.45) is 0 Å². The fourth-order valence-electron chi connectivity index (χ4n) is 4.71. The Kier molecular flexibility index (Phi) is 3.86. The van der Waals surface area contributed by atoms with Crippen LogP contribution < -0.4 is 9.47 Å². The largest absolute Gasteiger partial charge is 0.467 e. The Morgan fingerprint density at radius 3 is 2.57 bits per heavy atom. The molecule has 1 aliphatic heterocycles. The third-order valence-electron chi connectivity index (χ3n) is 6.04. The minimum Gasteiger partial charge on any atom is -0.467 e. The highest BCUT2D eigenvalue weighted by atomic mass is 16.7. The molecule has 0 saturated heterocycles. The van der Waals surface area contributed by atoms with Gasteiger partial charge in [0.25, 0.3) is 5.79 Å². The molecular formula is C25H20O5.